The monoisotopic (exact) mass is 434 g/mol. The lowest BCUT2D eigenvalue weighted by Crippen LogP contribution is -2.22. The maximum absolute atomic E-state index is 14.2. The van der Waals surface area contributed by atoms with E-state index in [0.29, 0.717) is 12.1 Å². The first-order valence-corrected chi connectivity index (χ1v) is 8.05. The van der Waals surface area contributed by atoms with Crippen LogP contribution in [0.5, 0.6) is 0 Å². The molecule has 29 heavy (non-hydrogen) atoms. The van der Waals surface area contributed by atoms with Crippen molar-refractivity contribution in [1.29, 1.82) is 0 Å². The quantitative estimate of drug-likeness (QED) is 0.472. The first-order chi connectivity index (χ1) is 13.5. The Balaban J connectivity index is 2.22. The van der Waals surface area contributed by atoms with Crippen LogP contribution < -0.4 is 11.1 Å². The molecule has 1 aromatic carbocycles. The Morgan fingerprint density at radius 2 is 1.62 bits per heavy atom. The maximum Gasteiger partial charge on any atom is 0.405 e. The van der Waals surface area contributed by atoms with Gasteiger partial charge in [0.05, 0.1) is 11.1 Å². The lowest BCUT2D eigenvalue weighted by Gasteiger charge is -2.16. The Bertz CT molecular complexity index is 1050. The third-order valence-corrected chi connectivity index (χ3v) is 3.73. The highest BCUT2D eigenvalue weighted by atomic mass is 35.5. The van der Waals surface area contributed by atoms with E-state index in [-0.39, 0.29) is 17.5 Å². The van der Waals surface area contributed by atoms with E-state index in [4.69, 9.17) is 17.3 Å². The topological polar surface area (TPSA) is 89.6 Å². The number of nitrogens with zero attached hydrogens (tertiary/aromatic N) is 4. The second-order valence-corrected chi connectivity index (χ2v) is 5.94. The minimum atomic E-state index is -4.69. The number of nitrogens with two attached hydrogens (primary N) is 1. The molecule has 0 amide bonds. The molecule has 0 unspecified atom stereocenters. The van der Waals surface area contributed by atoms with Crippen molar-refractivity contribution in [3.63, 3.8) is 0 Å². The first-order valence-electron chi connectivity index (χ1n) is 7.67. The zero-order valence-electron chi connectivity index (χ0n) is 14.0. The van der Waals surface area contributed by atoms with Crippen LogP contribution in [0.4, 0.5) is 38.0 Å². The fourth-order valence-corrected chi connectivity index (χ4v) is 2.59. The highest BCUT2D eigenvalue weighted by Gasteiger charge is 2.30. The third-order valence-electron chi connectivity index (χ3n) is 3.46. The summed E-state index contributed by atoms with van der Waals surface area (Å²) >= 11 is 6.01. The molecular formula is C16H9ClF6N6. The average molecular weight is 435 g/mol. The minimum absolute atomic E-state index is 0.0132. The molecular weight excluding hydrogens is 426 g/mol. The second kappa shape index (κ2) is 7.70. The van der Waals surface area contributed by atoms with Crippen LogP contribution in [0.25, 0.3) is 22.8 Å². The molecule has 0 spiro atoms. The molecule has 0 aliphatic carbocycles. The van der Waals surface area contributed by atoms with Crippen molar-refractivity contribution >= 4 is 23.2 Å². The van der Waals surface area contributed by atoms with Gasteiger partial charge >= 0.3 is 6.18 Å². The van der Waals surface area contributed by atoms with Crippen LogP contribution in [-0.4, -0.2) is 32.7 Å². The Morgan fingerprint density at radius 1 is 0.966 bits per heavy atom. The van der Waals surface area contributed by atoms with E-state index in [1.807, 2.05) is 5.32 Å². The van der Waals surface area contributed by atoms with Gasteiger partial charge in [0.1, 0.15) is 40.8 Å². The van der Waals surface area contributed by atoms with Crippen LogP contribution in [0, 0.1) is 17.5 Å². The highest BCUT2D eigenvalue weighted by molar-refractivity contribution is 6.32. The normalized spacial score (nSPS) is 11.6. The molecule has 0 bridgehead atoms. The number of nitrogen functional groups attached to an aromatic ring is 1. The Hall–Kier alpha value is -3.15. The van der Waals surface area contributed by atoms with Gasteiger partial charge in [0, 0.05) is 18.3 Å². The Kier molecular flexibility index (Phi) is 5.46. The summed E-state index contributed by atoms with van der Waals surface area (Å²) in [6.07, 6.45) is -3.45. The van der Waals surface area contributed by atoms with Crippen LogP contribution in [-0.2, 0) is 0 Å². The zero-order chi connectivity index (χ0) is 21.3. The summed E-state index contributed by atoms with van der Waals surface area (Å²) in [6, 6.07) is 2.03. The van der Waals surface area contributed by atoms with Crippen molar-refractivity contribution in [1.82, 2.24) is 19.9 Å². The number of anilines is 2. The van der Waals surface area contributed by atoms with E-state index in [9.17, 15) is 26.3 Å². The highest BCUT2D eigenvalue weighted by Crippen LogP contribution is 2.38. The number of aromatic nitrogens is 4. The number of halogens is 7. The van der Waals surface area contributed by atoms with Gasteiger partial charge in [0.2, 0.25) is 5.82 Å². The SMILES string of the molecule is Nc1ccnc(-c2nc(Cl)c(-c3c(F)cc(F)cc3F)c(NCC(F)(F)F)n2)n1. The fourth-order valence-electron chi connectivity index (χ4n) is 2.33. The standard InChI is InChI=1S/C16H9ClF6N6/c17-12-11(10-7(19)3-6(18)4-8(10)20)13(26-5-16(21,22)23)29-15(28-12)14-25-2-1-9(24)27-14/h1-4H,5H2,(H2,24,25,27)(H,26,28,29). The molecule has 152 valence electrons. The fraction of sp³-hybridized carbons (Fsp3) is 0.125. The molecule has 0 saturated heterocycles. The van der Waals surface area contributed by atoms with Crippen LogP contribution in [0.15, 0.2) is 24.4 Å². The van der Waals surface area contributed by atoms with Crippen LogP contribution in [0.1, 0.15) is 0 Å². The second-order valence-electron chi connectivity index (χ2n) is 5.58. The molecule has 2 aromatic heterocycles. The summed E-state index contributed by atoms with van der Waals surface area (Å²) in [5, 5.41) is 1.30. The van der Waals surface area contributed by atoms with Crippen molar-refractivity contribution in [2.75, 3.05) is 17.6 Å². The first kappa shape index (κ1) is 20.6. The predicted octanol–water partition coefficient (Wildman–Crippen LogP) is 4.23. The van der Waals surface area contributed by atoms with Crippen molar-refractivity contribution in [3.05, 3.63) is 47.0 Å². The Labute approximate surface area is 163 Å². The largest absolute Gasteiger partial charge is 0.405 e. The molecule has 0 fully saturated rings. The molecule has 3 rings (SSSR count). The molecule has 3 aromatic rings. The van der Waals surface area contributed by atoms with Gasteiger partial charge in [0.25, 0.3) is 0 Å². The van der Waals surface area contributed by atoms with Gasteiger partial charge in [0.15, 0.2) is 5.82 Å². The number of hydrogen-bond acceptors (Lipinski definition) is 6. The van der Waals surface area contributed by atoms with E-state index < -0.39 is 52.3 Å². The van der Waals surface area contributed by atoms with E-state index in [2.05, 4.69) is 19.9 Å². The van der Waals surface area contributed by atoms with Crippen molar-refractivity contribution in [2.45, 2.75) is 6.18 Å². The number of rotatable bonds is 4. The third kappa shape index (κ3) is 4.65. The van der Waals surface area contributed by atoms with Crippen LogP contribution in [0.2, 0.25) is 5.15 Å². The van der Waals surface area contributed by atoms with Gasteiger partial charge in [-0.1, -0.05) is 11.6 Å². The van der Waals surface area contributed by atoms with Crippen molar-refractivity contribution in [3.8, 4) is 22.8 Å². The zero-order valence-corrected chi connectivity index (χ0v) is 14.8. The summed E-state index contributed by atoms with van der Waals surface area (Å²) in [6.45, 7) is -1.60. The number of nitrogens with one attached hydrogen (secondary N) is 1. The smallest absolute Gasteiger partial charge is 0.384 e. The van der Waals surface area contributed by atoms with Crippen molar-refractivity contribution < 1.29 is 26.3 Å². The molecule has 6 nitrogen and oxygen atoms in total. The number of alkyl halides is 3. The van der Waals surface area contributed by atoms with E-state index in [1.54, 1.807) is 0 Å². The van der Waals surface area contributed by atoms with Gasteiger partial charge in [-0.25, -0.2) is 33.1 Å². The van der Waals surface area contributed by atoms with Crippen molar-refractivity contribution in [2.24, 2.45) is 0 Å². The van der Waals surface area contributed by atoms with Gasteiger partial charge in [-0.15, -0.1) is 0 Å². The summed E-state index contributed by atoms with van der Waals surface area (Å²) < 4.78 is 79.7. The van der Waals surface area contributed by atoms with E-state index >= 15 is 0 Å². The number of benzene rings is 1. The Morgan fingerprint density at radius 3 is 2.21 bits per heavy atom. The van der Waals surface area contributed by atoms with E-state index in [0.717, 1.165) is 0 Å². The summed E-state index contributed by atoms with van der Waals surface area (Å²) in [4.78, 5) is 15.3. The van der Waals surface area contributed by atoms with Gasteiger partial charge in [-0.3, -0.25) is 0 Å². The molecule has 3 N–H and O–H groups in total. The van der Waals surface area contributed by atoms with Crippen LogP contribution in [0.3, 0.4) is 0 Å². The lowest BCUT2D eigenvalue weighted by atomic mass is 10.1. The predicted molar refractivity (Wildman–Crippen MR) is 92.3 cm³/mol. The maximum atomic E-state index is 14.2. The van der Waals surface area contributed by atoms with Crippen LogP contribution >= 0.6 is 11.6 Å². The summed E-state index contributed by atoms with van der Waals surface area (Å²) in [7, 11) is 0. The summed E-state index contributed by atoms with van der Waals surface area (Å²) in [5.74, 6) is -5.22. The molecule has 0 aliphatic heterocycles. The number of hydrogen-bond donors (Lipinski definition) is 2. The van der Waals surface area contributed by atoms with E-state index in [1.165, 1.54) is 12.3 Å². The van der Waals surface area contributed by atoms with Gasteiger partial charge in [-0.2, -0.15) is 13.2 Å². The molecule has 13 heteroatoms. The molecule has 0 atom stereocenters. The molecule has 0 radical (unpaired) electrons. The average Bonchev–Trinajstić information content (AvgIpc) is 2.60. The molecule has 0 aliphatic rings. The van der Waals surface area contributed by atoms with Gasteiger partial charge in [-0.05, 0) is 6.07 Å². The minimum Gasteiger partial charge on any atom is -0.384 e. The molecule has 0 saturated carbocycles. The lowest BCUT2D eigenvalue weighted by molar-refractivity contribution is -0.115. The molecule has 2 heterocycles. The van der Waals surface area contributed by atoms with Gasteiger partial charge < -0.3 is 11.1 Å². The summed E-state index contributed by atoms with van der Waals surface area (Å²) in [5.41, 5.74) is 4.00.